The molecule has 4 heteroatoms. The maximum Gasteiger partial charge on any atom is 0.311 e. The SMILES string of the molecule is O=C1CCc2ccc(-c3cn(-c4ccccc4)cn3)cc2O1. The number of ether oxygens (including phenoxy) is 1. The first-order valence-electron chi connectivity index (χ1n) is 7.23. The zero-order valence-electron chi connectivity index (χ0n) is 11.9. The van der Waals surface area contributed by atoms with Gasteiger partial charge < -0.3 is 9.30 Å². The fraction of sp³-hybridized carbons (Fsp3) is 0.111. The molecule has 0 aliphatic carbocycles. The van der Waals surface area contributed by atoms with E-state index < -0.39 is 0 Å². The van der Waals surface area contributed by atoms with Gasteiger partial charge >= 0.3 is 5.97 Å². The third-order valence-electron chi connectivity index (χ3n) is 3.82. The highest BCUT2D eigenvalue weighted by atomic mass is 16.5. The summed E-state index contributed by atoms with van der Waals surface area (Å²) in [5.41, 5.74) is 3.94. The fourth-order valence-corrected chi connectivity index (χ4v) is 2.64. The second-order valence-electron chi connectivity index (χ2n) is 5.30. The van der Waals surface area contributed by atoms with Gasteiger partial charge in [-0.25, -0.2) is 4.98 Å². The van der Waals surface area contributed by atoms with Crippen molar-refractivity contribution in [2.75, 3.05) is 0 Å². The van der Waals surface area contributed by atoms with Crippen molar-refractivity contribution in [2.24, 2.45) is 0 Å². The van der Waals surface area contributed by atoms with Crippen LogP contribution in [0, 0.1) is 0 Å². The highest BCUT2D eigenvalue weighted by molar-refractivity contribution is 5.76. The van der Waals surface area contributed by atoms with Crippen LogP contribution in [0.5, 0.6) is 5.75 Å². The molecule has 3 aromatic rings. The number of carbonyl (C=O) groups is 1. The molecule has 1 aliphatic heterocycles. The van der Waals surface area contributed by atoms with E-state index in [2.05, 4.69) is 4.98 Å². The molecule has 108 valence electrons. The minimum absolute atomic E-state index is 0.167. The van der Waals surface area contributed by atoms with Crippen LogP contribution in [0.1, 0.15) is 12.0 Å². The molecular formula is C18H14N2O2. The van der Waals surface area contributed by atoms with Crippen LogP contribution in [-0.4, -0.2) is 15.5 Å². The molecule has 0 spiro atoms. The van der Waals surface area contributed by atoms with Crippen molar-refractivity contribution < 1.29 is 9.53 Å². The van der Waals surface area contributed by atoms with Gasteiger partial charge in [0.2, 0.25) is 0 Å². The molecule has 2 aromatic carbocycles. The first kappa shape index (κ1) is 12.8. The fourth-order valence-electron chi connectivity index (χ4n) is 2.64. The van der Waals surface area contributed by atoms with Crippen molar-refractivity contribution >= 4 is 5.97 Å². The van der Waals surface area contributed by atoms with Crippen LogP contribution < -0.4 is 4.74 Å². The van der Waals surface area contributed by atoms with Crippen molar-refractivity contribution in [3.63, 3.8) is 0 Å². The summed E-state index contributed by atoms with van der Waals surface area (Å²) < 4.78 is 7.28. The van der Waals surface area contributed by atoms with Crippen LogP contribution >= 0.6 is 0 Å². The van der Waals surface area contributed by atoms with Crippen LogP contribution in [0.3, 0.4) is 0 Å². The van der Waals surface area contributed by atoms with Crippen molar-refractivity contribution in [3.05, 3.63) is 66.6 Å². The van der Waals surface area contributed by atoms with Gasteiger partial charge in [0.15, 0.2) is 0 Å². The van der Waals surface area contributed by atoms with Crippen molar-refractivity contribution in [1.29, 1.82) is 0 Å². The van der Waals surface area contributed by atoms with Crippen molar-refractivity contribution in [2.45, 2.75) is 12.8 Å². The monoisotopic (exact) mass is 290 g/mol. The zero-order chi connectivity index (χ0) is 14.9. The highest BCUT2D eigenvalue weighted by Gasteiger charge is 2.18. The third kappa shape index (κ3) is 2.29. The van der Waals surface area contributed by atoms with Crippen LogP contribution in [0.15, 0.2) is 61.1 Å². The molecule has 0 atom stereocenters. The van der Waals surface area contributed by atoms with Crippen LogP contribution in [0.25, 0.3) is 16.9 Å². The van der Waals surface area contributed by atoms with Crippen LogP contribution in [0.2, 0.25) is 0 Å². The lowest BCUT2D eigenvalue weighted by molar-refractivity contribution is -0.135. The minimum Gasteiger partial charge on any atom is -0.426 e. The molecule has 4 nitrogen and oxygen atoms in total. The maximum atomic E-state index is 11.4. The molecule has 0 radical (unpaired) electrons. The summed E-state index contributed by atoms with van der Waals surface area (Å²) >= 11 is 0. The third-order valence-corrected chi connectivity index (χ3v) is 3.82. The number of para-hydroxylation sites is 1. The van der Waals surface area contributed by atoms with E-state index in [1.165, 1.54) is 0 Å². The molecule has 0 bridgehead atoms. The van der Waals surface area contributed by atoms with E-state index in [-0.39, 0.29) is 5.97 Å². The lowest BCUT2D eigenvalue weighted by Gasteiger charge is -2.15. The Labute approximate surface area is 128 Å². The Morgan fingerprint density at radius 3 is 2.77 bits per heavy atom. The normalized spacial score (nSPS) is 13.5. The number of hydrogen-bond donors (Lipinski definition) is 0. The molecule has 22 heavy (non-hydrogen) atoms. The van der Waals surface area contributed by atoms with E-state index in [4.69, 9.17) is 4.74 Å². The Kier molecular flexibility index (Phi) is 3.00. The molecule has 0 unspecified atom stereocenters. The number of hydrogen-bond acceptors (Lipinski definition) is 3. The minimum atomic E-state index is -0.167. The number of fused-ring (bicyclic) bond motifs is 1. The quantitative estimate of drug-likeness (QED) is 0.537. The van der Waals surface area contributed by atoms with Crippen LogP contribution in [-0.2, 0) is 11.2 Å². The van der Waals surface area contributed by atoms with E-state index in [0.29, 0.717) is 12.2 Å². The summed E-state index contributed by atoms with van der Waals surface area (Å²) in [6.45, 7) is 0. The topological polar surface area (TPSA) is 44.1 Å². The lowest BCUT2D eigenvalue weighted by Crippen LogP contribution is -2.15. The Morgan fingerprint density at radius 1 is 1.05 bits per heavy atom. The summed E-state index contributed by atoms with van der Waals surface area (Å²) in [6.07, 6.45) is 4.96. The van der Waals surface area contributed by atoms with Crippen molar-refractivity contribution in [3.8, 4) is 22.7 Å². The van der Waals surface area contributed by atoms with Gasteiger partial charge in [-0.2, -0.15) is 0 Å². The Morgan fingerprint density at radius 2 is 1.91 bits per heavy atom. The molecule has 0 saturated carbocycles. The van der Waals surface area contributed by atoms with Gasteiger partial charge in [0.25, 0.3) is 0 Å². The average Bonchev–Trinajstić information content (AvgIpc) is 3.05. The summed E-state index contributed by atoms with van der Waals surface area (Å²) in [7, 11) is 0. The van der Waals surface area contributed by atoms with E-state index in [9.17, 15) is 4.79 Å². The van der Waals surface area contributed by atoms with E-state index in [1.807, 2.05) is 59.3 Å². The van der Waals surface area contributed by atoms with Crippen LogP contribution in [0.4, 0.5) is 0 Å². The standard InChI is InChI=1S/C18H14N2O2/c21-18-9-8-13-6-7-14(10-17(13)22-18)16-11-20(12-19-16)15-4-2-1-3-5-15/h1-7,10-12H,8-9H2. The molecule has 4 rings (SSSR count). The Hall–Kier alpha value is -2.88. The predicted molar refractivity (Wildman–Crippen MR) is 83.0 cm³/mol. The molecule has 0 N–H and O–H groups in total. The predicted octanol–water partition coefficient (Wildman–Crippen LogP) is 3.39. The number of aryl methyl sites for hydroxylation is 1. The maximum absolute atomic E-state index is 11.4. The first-order valence-corrected chi connectivity index (χ1v) is 7.23. The van der Waals surface area contributed by atoms with Gasteiger partial charge in [-0.05, 0) is 30.2 Å². The van der Waals surface area contributed by atoms with E-state index in [0.717, 1.165) is 28.9 Å². The molecular weight excluding hydrogens is 276 g/mol. The second kappa shape index (κ2) is 5.15. The molecule has 2 heterocycles. The molecule has 1 aliphatic rings. The van der Waals surface area contributed by atoms with Gasteiger partial charge in [-0.3, -0.25) is 4.79 Å². The smallest absolute Gasteiger partial charge is 0.311 e. The van der Waals surface area contributed by atoms with E-state index in [1.54, 1.807) is 6.33 Å². The second-order valence-corrected chi connectivity index (χ2v) is 5.30. The summed E-state index contributed by atoms with van der Waals surface area (Å²) in [5, 5.41) is 0. The van der Waals surface area contributed by atoms with Gasteiger partial charge in [-0.15, -0.1) is 0 Å². The number of aromatic nitrogens is 2. The molecule has 0 amide bonds. The van der Waals surface area contributed by atoms with Crippen molar-refractivity contribution in [1.82, 2.24) is 9.55 Å². The lowest BCUT2D eigenvalue weighted by atomic mass is 10.0. The highest BCUT2D eigenvalue weighted by Crippen LogP contribution is 2.30. The largest absolute Gasteiger partial charge is 0.426 e. The number of rotatable bonds is 2. The molecule has 0 fully saturated rings. The molecule has 1 aromatic heterocycles. The van der Waals surface area contributed by atoms with Gasteiger partial charge in [0, 0.05) is 17.4 Å². The summed E-state index contributed by atoms with van der Waals surface area (Å²) in [5.74, 6) is 0.488. The number of nitrogens with zero attached hydrogens (tertiary/aromatic N) is 2. The molecule has 0 saturated heterocycles. The van der Waals surface area contributed by atoms with Gasteiger partial charge in [-0.1, -0.05) is 30.3 Å². The van der Waals surface area contributed by atoms with Gasteiger partial charge in [0.1, 0.15) is 5.75 Å². The number of carbonyl (C=O) groups excluding carboxylic acids is 1. The number of esters is 1. The Bertz CT molecular complexity index is 837. The number of imidazole rings is 1. The van der Waals surface area contributed by atoms with Gasteiger partial charge in [0.05, 0.1) is 18.4 Å². The first-order chi connectivity index (χ1) is 10.8. The summed E-state index contributed by atoms with van der Waals surface area (Å²) in [4.78, 5) is 15.9. The Balaban J connectivity index is 1.70. The van der Waals surface area contributed by atoms with E-state index >= 15 is 0 Å². The average molecular weight is 290 g/mol. The zero-order valence-corrected chi connectivity index (χ0v) is 11.9. The number of benzene rings is 2. The summed E-state index contributed by atoms with van der Waals surface area (Å²) in [6, 6.07) is 16.0.